The fraction of sp³-hybridized carbons (Fsp3) is 0. The number of nitrogens with two attached hydrogens (primary N) is 1. The molecule has 0 fully saturated rings. The minimum Gasteiger partial charge on any atom is -0.338 e. The summed E-state index contributed by atoms with van der Waals surface area (Å²) in [6.07, 6.45) is 1.25. The highest BCUT2D eigenvalue weighted by molar-refractivity contribution is 8.59. The van der Waals surface area contributed by atoms with Crippen molar-refractivity contribution in [3.05, 3.63) is 0 Å². The summed E-state index contributed by atoms with van der Waals surface area (Å²) in [4.78, 5) is 15.7. The van der Waals surface area contributed by atoms with E-state index in [9.17, 15) is 0 Å². The monoisotopic (exact) mass is 172 g/mol. The Hall–Kier alpha value is 0.210. The summed E-state index contributed by atoms with van der Waals surface area (Å²) in [5.41, 5.74) is 1.04. The zero-order valence-electron chi connectivity index (χ0n) is 3.72. The van der Waals surface area contributed by atoms with E-state index in [1.807, 2.05) is 0 Å². The van der Waals surface area contributed by atoms with Crippen molar-refractivity contribution in [1.82, 2.24) is 0 Å². The first-order valence-electron chi connectivity index (χ1n) is 1.29. The van der Waals surface area contributed by atoms with Crippen molar-refractivity contribution in [3.8, 4) is 6.19 Å². The molecule has 0 amide bonds. The molecule has 0 aromatic rings. The minimum atomic E-state index is -3.11. The lowest BCUT2D eigenvalue weighted by Crippen LogP contribution is -1.69. The third kappa shape index (κ3) is 3820. The normalized spacial score (nSPS) is 8.25. The van der Waals surface area contributed by atoms with Crippen LogP contribution in [0.1, 0.15) is 0 Å². The molecule has 0 aliphatic rings. The number of rotatable bonds is 0. The summed E-state index contributed by atoms with van der Waals surface area (Å²) in [6, 6.07) is 0. The number of hydrogen-bond acceptors (Lipinski definition) is 3. The maximum atomic E-state index is 7.87. The van der Waals surface area contributed by atoms with Gasteiger partial charge in [-0.15, -0.1) is 0 Å². The number of nitriles is 1. The van der Waals surface area contributed by atoms with Gasteiger partial charge >= 0.3 is 0 Å². The van der Waals surface area contributed by atoms with E-state index in [0.717, 1.165) is 0 Å². The molecule has 0 spiro atoms. The lowest BCUT2D eigenvalue weighted by Gasteiger charge is -1.88. The minimum absolute atomic E-state index is 1.25. The SMILES string of the molecule is N#CN.OP(O)(=S)S. The van der Waals surface area contributed by atoms with E-state index in [0.29, 0.717) is 0 Å². The molecular formula is CH5N2O2PS2. The molecule has 0 aromatic heterocycles. The van der Waals surface area contributed by atoms with Gasteiger partial charge in [0.15, 0.2) is 6.19 Å². The van der Waals surface area contributed by atoms with Crippen LogP contribution in [-0.2, 0) is 11.8 Å². The van der Waals surface area contributed by atoms with Gasteiger partial charge in [0.2, 0.25) is 5.69 Å². The highest BCUT2D eigenvalue weighted by atomic mass is 32.9. The Morgan fingerprint density at radius 1 is 1.75 bits per heavy atom. The molecule has 0 atom stereocenters. The second-order valence-electron chi connectivity index (χ2n) is 0.642. The molecule has 4 nitrogen and oxygen atoms in total. The fourth-order valence-corrected chi connectivity index (χ4v) is 0. The number of nitrogens with zero attached hydrogens (tertiary/aromatic N) is 1. The first-order chi connectivity index (χ1) is 3.41. The molecule has 0 radical (unpaired) electrons. The van der Waals surface area contributed by atoms with Gasteiger partial charge in [-0.1, -0.05) is 12.2 Å². The van der Waals surface area contributed by atoms with E-state index in [-0.39, 0.29) is 0 Å². The van der Waals surface area contributed by atoms with Crippen molar-refractivity contribution < 1.29 is 9.79 Å². The second kappa shape index (κ2) is 5.35. The molecule has 0 rings (SSSR count). The molecule has 0 aromatic carbocycles. The largest absolute Gasteiger partial charge is 0.338 e. The molecule has 0 bridgehead atoms. The maximum Gasteiger partial charge on any atom is 0.239 e. The van der Waals surface area contributed by atoms with Gasteiger partial charge in [0.1, 0.15) is 0 Å². The van der Waals surface area contributed by atoms with Gasteiger partial charge in [-0.05, 0) is 11.8 Å². The first kappa shape index (κ1) is 11.1. The predicted octanol–water partition coefficient (Wildman–Crippen LogP) is -0.449. The van der Waals surface area contributed by atoms with Gasteiger partial charge in [0, 0.05) is 0 Å². The van der Waals surface area contributed by atoms with Crippen molar-refractivity contribution >= 4 is 29.7 Å². The molecule has 7 heteroatoms. The molecule has 4 N–H and O–H groups in total. The van der Waals surface area contributed by atoms with Crippen LogP contribution in [0.2, 0.25) is 0 Å². The Labute approximate surface area is 57.3 Å². The van der Waals surface area contributed by atoms with Crippen LogP contribution in [-0.4, -0.2) is 9.79 Å². The molecule has 0 heterocycles. The molecule has 0 saturated heterocycles. The van der Waals surface area contributed by atoms with E-state index in [1.54, 1.807) is 0 Å². The number of thiol groups is 1. The molecule has 0 unspecified atom stereocenters. The predicted molar refractivity (Wildman–Crippen MR) is 37.5 cm³/mol. The fourth-order valence-electron chi connectivity index (χ4n) is 0. The Bertz CT molecular complexity index is 116. The molecule has 0 aliphatic heterocycles. The van der Waals surface area contributed by atoms with Crippen LogP contribution in [0, 0.1) is 11.5 Å². The van der Waals surface area contributed by atoms with Gasteiger partial charge < -0.3 is 15.5 Å². The lowest BCUT2D eigenvalue weighted by molar-refractivity contribution is 0.503. The van der Waals surface area contributed by atoms with Crippen molar-refractivity contribution in [1.29, 1.82) is 5.26 Å². The highest BCUT2D eigenvalue weighted by Crippen LogP contribution is 2.39. The van der Waals surface area contributed by atoms with Crippen LogP contribution in [0.3, 0.4) is 0 Å². The summed E-state index contributed by atoms with van der Waals surface area (Å²) in [6.45, 7) is 0. The van der Waals surface area contributed by atoms with Crippen molar-refractivity contribution in [2.24, 2.45) is 5.73 Å². The summed E-state index contributed by atoms with van der Waals surface area (Å²) >= 11 is 7.07. The topological polar surface area (TPSA) is 90.3 Å². The molecule has 48 valence electrons. The molecule has 8 heavy (non-hydrogen) atoms. The Morgan fingerprint density at radius 3 is 1.75 bits per heavy atom. The number of hydrogen-bond donors (Lipinski definition) is 4. The summed E-state index contributed by atoms with van der Waals surface area (Å²) < 4.78 is 0. The van der Waals surface area contributed by atoms with E-state index in [4.69, 9.17) is 15.0 Å². The average molecular weight is 172 g/mol. The third-order valence-electron chi connectivity index (χ3n) is 0. The van der Waals surface area contributed by atoms with Crippen LogP contribution < -0.4 is 5.73 Å². The lowest BCUT2D eigenvalue weighted by atomic mass is 11.5. The Morgan fingerprint density at radius 2 is 1.75 bits per heavy atom. The summed E-state index contributed by atoms with van der Waals surface area (Å²) in [5, 5.41) is 7.10. The van der Waals surface area contributed by atoms with E-state index in [1.165, 1.54) is 6.19 Å². The zero-order valence-corrected chi connectivity index (χ0v) is 6.33. The van der Waals surface area contributed by atoms with E-state index in [2.05, 4.69) is 29.8 Å². The van der Waals surface area contributed by atoms with Gasteiger partial charge in [-0.25, -0.2) is 0 Å². The van der Waals surface area contributed by atoms with Crippen LogP contribution in [0.15, 0.2) is 0 Å². The maximum absolute atomic E-state index is 7.87. The Kier molecular flexibility index (Phi) is 7.40. The standard InChI is InChI=1S/CH2N2.H3O2PS2/c2-1-3;1-3(2,4)5/h2H2;(H3,1,2,4,5). The van der Waals surface area contributed by atoms with Crippen molar-refractivity contribution in [2.45, 2.75) is 0 Å². The van der Waals surface area contributed by atoms with Gasteiger partial charge in [0.25, 0.3) is 0 Å². The van der Waals surface area contributed by atoms with Gasteiger partial charge in [0.05, 0.1) is 0 Å². The van der Waals surface area contributed by atoms with Gasteiger partial charge in [-0.3, -0.25) is 0 Å². The zero-order chi connectivity index (χ0) is 7.21. The smallest absolute Gasteiger partial charge is 0.239 e. The van der Waals surface area contributed by atoms with Crippen molar-refractivity contribution in [2.75, 3.05) is 0 Å². The van der Waals surface area contributed by atoms with Crippen LogP contribution in [0.4, 0.5) is 0 Å². The van der Waals surface area contributed by atoms with E-state index < -0.39 is 5.69 Å². The second-order valence-corrected chi connectivity index (χ2v) is 5.68. The quantitative estimate of drug-likeness (QED) is 0.172. The third-order valence-corrected chi connectivity index (χ3v) is 0. The first-order valence-corrected chi connectivity index (χ1v) is 5.16. The average Bonchev–Trinajstić information content (AvgIpc) is 1.27. The molecule has 0 saturated carbocycles. The highest BCUT2D eigenvalue weighted by Gasteiger charge is 1.90. The van der Waals surface area contributed by atoms with E-state index >= 15 is 0 Å². The summed E-state index contributed by atoms with van der Waals surface area (Å²) in [7, 11) is 0. The van der Waals surface area contributed by atoms with Crippen LogP contribution in [0.25, 0.3) is 0 Å². The Balaban J connectivity index is 0. The van der Waals surface area contributed by atoms with Gasteiger partial charge in [-0.2, -0.15) is 5.26 Å². The molecular weight excluding hydrogens is 167 g/mol. The van der Waals surface area contributed by atoms with Crippen LogP contribution in [0.5, 0.6) is 0 Å². The van der Waals surface area contributed by atoms with Crippen LogP contribution >= 0.6 is 17.9 Å². The van der Waals surface area contributed by atoms with Crippen molar-refractivity contribution in [3.63, 3.8) is 0 Å². The summed E-state index contributed by atoms with van der Waals surface area (Å²) in [5.74, 6) is 0. The molecule has 0 aliphatic carbocycles.